The predicted octanol–water partition coefficient (Wildman–Crippen LogP) is 3.66. The summed E-state index contributed by atoms with van der Waals surface area (Å²) in [5, 5.41) is 8.94. The fraction of sp³-hybridized carbons (Fsp3) is 0.562. The Balaban J connectivity index is 1.96. The number of hydrogen-bond donors (Lipinski definition) is 0. The zero-order valence-electron chi connectivity index (χ0n) is 11.7. The summed E-state index contributed by atoms with van der Waals surface area (Å²) in [7, 11) is 1.65. The molecule has 0 bridgehead atoms. The number of nitriles is 1. The summed E-state index contributed by atoms with van der Waals surface area (Å²) in [6.45, 7) is 2.83. The standard InChI is InChI=1S/C16H21NO2/c1-12-3-6-15(7-4-12)19-11-14-9-13(10-17)5-8-16(14)18-2/h5,8-9,12,15H,3-4,6-7,11H2,1-2H3. The van der Waals surface area contributed by atoms with Crippen LogP contribution in [0.15, 0.2) is 18.2 Å². The van der Waals surface area contributed by atoms with Gasteiger partial charge in [-0.3, -0.25) is 0 Å². The Morgan fingerprint density at radius 3 is 2.63 bits per heavy atom. The van der Waals surface area contributed by atoms with Gasteiger partial charge in [0.1, 0.15) is 5.75 Å². The third-order valence-electron chi connectivity index (χ3n) is 3.85. The minimum absolute atomic E-state index is 0.353. The second-order valence-electron chi connectivity index (χ2n) is 5.33. The lowest BCUT2D eigenvalue weighted by Gasteiger charge is -2.26. The first-order chi connectivity index (χ1) is 9.22. The summed E-state index contributed by atoms with van der Waals surface area (Å²) in [5.41, 5.74) is 1.61. The van der Waals surface area contributed by atoms with Crippen molar-refractivity contribution in [2.24, 2.45) is 5.92 Å². The predicted molar refractivity (Wildman–Crippen MR) is 73.9 cm³/mol. The first-order valence-corrected chi connectivity index (χ1v) is 6.91. The molecule has 102 valence electrons. The second-order valence-corrected chi connectivity index (χ2v) is 5.33. The van der Waals surface area contributed by atoms with Gasteiger partial charge in [0.2, 0.25) is 0 Å². The molecule has 3 heteroatoms. The molecule has 0 radical (unpaired) electrons. The molecule has 0 spiro atoms. The van der Waals surface area contributed by atoms with Crippen LogP contribution in [0, 0.1) is 17.2 Å². The van der Waals surface area contributed by atoms with Gasteiger partial charge in [0.15, 0.2) is 0 Å². The van der Waals surface area contributed by atoms with Gasteiger partial charge in [0.05, 0.1) is 31.5 Å². The summed E-state index contributed by atoms with van der Waals surface area (Å²) in [5.74, 6) is 1.62. The topological polar surface area (TPSA) is 42.2 Å². The van der Waals surface area contributed by atoms with E-state index >= 15 is 0 Å². The Hall–Kier alpha value is -1.53. The maximum absolute atomic E-state index is 8.94. The van der Waals surface area contributed by atoms with Crippen molar-refractivity contribution < 1.29 is 9.47 Å². The molecule has 1 aliphatic carbocycles. The van der Waals surface area contributed by atoms with E-state index in [1.807, 2.05) is 12.1 Å². The van der Waals surface area contributed by atoms with E-state index in [0.717, 1.165) is 30.1 Å². The highest BCUT2D eigenvalue weighted by Crippen LogP contribution is 2.27. The van der Waals surface area contributed by atoms with Crippen LogP contribution in [0.4, 0.5) is 0 Å². The molecule has 0 atom stereocenters. The molecule has 1 fully saturated rings. The lowest BCUT2D eigenvalue weighted by Crippen LogP contribution is -2.20. The number of rotatable bonds is 4. The smallest absolute Gasteiger partial charge is 0.124 e. The largest absolute Gasteiger partial charge is 0.496 e. The van der Waals surface area contributed by atoms with Crippen LogP contribution >= 0.6 is 0 Å². The molecule has 0 amide bonds. The first-order valence-electron chi connectivity index (χ1n) is 6.91. The third kappa shape index (κ3) is 3.71. The van der Waals surface area contributed by atoms with Gasteiger partial charge in [-0.05, 0) is 49.8 Å². The highest BCUT2D eigenvalue weighted by atomic mass is 16.5. The summed E-state index contributed by atoms with van der Waals surface area (Å²) in [4.78, 5) is 0. The van der Waals surface area contributed by atoms with Gasteiger partial charge in [-0.15, -0.1) is 0 Å². The van der Waals surface area contributed by atoms with E-state index in [1.165, 1.54) is 12.8 Å². The first kappa shape index (κ1) is 13.9. The molecule has 19 heavy (non-hydrogen) atoms. The summed E-state index contributed by atoms with van der Waals surface area (Å²) < 4.78 is 11.3. The maximum atomic E-state index is 8.94. The highest BCUT2D eigenvalue weighted by Gasteiger charge is 2.19. The van der Waals surface area contributed by atoms with Crippen LogP contribution in [0.5, 0.6) is 5.75 Å². The van der Waals surface area contributed by atoms with Crippen LogP contribution in [-0.4, -0.2) is 13.2 Å². The average molecular weight is 259 g/mol. The Morgan fingerprint density at radius 1 is 1.26 bits per heavy atom. The normalized spacial score (nSPS) is 22.8. The van der Waals surface area contributed by atoms with E-state index in [0.29, 0.717) is 18.3 Å². The number of nitrogens with zero attached hydrogens (tertiary/aromatic N) is 1. The van der Waals surface area contributed by atoms with E-state index in [-0.39, 0.29) is 0 Å². The third-order valence-corrected chi connectivity index (χ3v) is 3.85. The van der Waals surface area contributed by atoms with E-state index in [4.69, 9.17) is 14.7 Å². The van der Waals surface area contributed by atoms with Gasteiger partial charge >= 0.3 is 0 Å². The van der Waals surface area contributed by atoms with Crippen molar-refractivity contribution in [3.8, 4) is 11.8 Å². The van der Waals surface area contributed by atoms with Crippen LogP contribution in [0.3, 0.4) is 0 Å². The van der Waals surface area contributed by atoms with Crippen LogP contribution in [-0.2, 0) is 11.3 Å². The molecular formula is C16H21NO2. The Labute approximate surface area is 115 Å². The van der Waals surface area contributed by atoms with Gasteiger partial charge < -0.3 is 9.47 Å². The quantitative estimate of drug-likeness (QED) is 0.828. The molecule has 0 aromatic heterocycles. The molecule has 0 heterocycles. The molecular weight excluding hydrogens is 238 g/mol. The summed E-state index contributed by atoms with van der Waals surface area (Å²) >= 11 is 0. The average Bonchev–Trinajstić information content (AvgIpc) is 2.46. The minimum atomic E-state index is 0.353. The molecule has 1 aromatic rings. The molecule has 1 aromatic carbocycles. The monoisotopic (exact) mass is 259 g/mol. The lowest BCUT2D eigenvalue weighted by molar-refractivity contribution is 0.00801. The SMILES string of the molecule is COc1ccc(C#N)cc1COC1CCC(C)CC1. The molecule has 0 N–H and O–H groups in total. The van der Waals surface area contributed by atoms with Crippen molar-refractivity contribution in [2.75, 3.05) is 7.11 Å². The molecule has 2 rings (SSSR count). The van der Waals surface area contributed by atoms with Crippen molar-refractivity contribution in [2.45, 2.75) is 45.3 Å². The maximum Gasteiger partial charge on any atom is 0.124 e. The van der Waals surface area contributed by atoms with Gasteiger partial charge in [0.25, 0.3) is 0 Å². The second kappa shape index (κ2) is 6.58. The van der Waals surface area contributed by atoms with E-state index < -0.39 is 0 Å². The zero-order chi connectivity index (χ0) is 13.7. The van der Waals surface area contributed by atoms with Gasteiger partial charge in [-0.1, -0.05) is 6.92 Å². The number of ether oxygens (including phenoxy) is 2. The number of benzene rings is 1. The van der Waals surface area contributed by atoms with Crippen molar-refractivity contribution in [1.82, 2.24) is 0 Å². The molecule has 0 unspecified atom stereocenters. The van der Waals surface area contributed by atoms with E-state index in [1.54, 1.807) is 13.2 Å². The van der Waals surface area contributed by atoms with Crippen molar-refractivity contribution in [3.05, 3.63) is 29.3 Å². The lowest BCUT2D eigenvalue weighted by atomic mass is 9.89. The Morgan fingerprint density at radius 2 is 2.00 bits per heavy atom. The fourth-order valence-corrected chi connectivity index (χ4v) is 2.56. The summed E-state index contributed by atoms with van der Waals surface area (Å²) in [6, 6.07) is 7.60. The van der Waals surface area contributed by atoms with Crippen LogP contribution in [0.25, 0.3) is 0 Å². The van der Waals surface area contributed by atoms with Crippen molar-refractivity contribution in [3.63, 3.8) is 0 Å². The minimum Gasteiger partial charge on any atom is -0.496 e. The van der Waals surface area contributed by atoms with E-state index in [9.17, 15) is 0 Å². The van der Waals surface area contributed by atoms with Crippen LogP contribution < -0.4 is 4.74 Å². The van der Waals surface area contributed by atoms with Gasteiger partial charge in [0, 0.05) is 5.56 Å². The molecule has 0 saturated heterocycles. The van der Waals surface area contributed by atoms with Crippen molar-refractivity contribution in [1.29, 1.82) is 5.26 Å². The highest BCUT2D eigenvalue weighted by molar-refractivity contribution is 5.41. The summed E-state index contributed by atoms with van der Waals surface area (Å²) in [6.07, 6.45) is 5.13. The zero-order valence-corrected chi connectivity index (χ0v) is 11.7. The molecule has 3 nitrogen and oxygen atoms in total. The Bertz CT molecular complexity index is 456. The fourth-order valence-electron chi connectivity index (χ4n) is 2.56. The molecule has 1 saturated carbocycles. The van der Waals surface area contributed by atoms with Crippen LogP contribution in [0.2, 0.25) is 0 Å². The molecule has 0 aliphatic heterocycles. The number of hydrogen-bond acceptors (Lipinski definition) is 3. The number of methoxy groups -OCH3 is 1. The molecule has 1 aliphatic rings. The van der Waals surface area contributed by atoms with Gasteiger partial charge in [-0.25, -0.2) is 0 Å². The Kier molecular flexibility index (Phi) is 4.81. The van der Waals surface area contributed by atoms with Crippen LogP contribution in [0.1, 0.15) is 43.7 Å². The van der Waals surface area contributed by atoms with Crippen molar-refractivity contribution >= 4 is 0 Å². The van der Waals surface area contributed by atoms with Gasteiger partial charge in [-0.2, -0.15) is 5.26 Å². The van der Waals surface area contributed by atoms with E-state index in [2.05, 4.69) is 13.0 Å².